The third kappa shape index (κ3) is 7.81. The first-order chi connectivity index (χ1) is 28.1. The Hall–Kier alpha value is -4.93. The first-order valence-electron chi connectivity index (χ1n) is 21.9. The van der Waals surface area contributed by atoms with Crippen molar-refractivity contribution in [1.82, 2.24) is 19.4 Å². The number of aromatic nitrogens is 3. The third-order valence-corrected chi connectivity index (χ3v) is 14.0. The molecular weight excluding hydrogens is 715 g/mol. The van der Waals surface area contributed by atoms with Gasteiger partial charge in [-0.1, -0.05) is 98.5 Å². The summed E-state index contributed by atoms with van der Waals surface area (Å²) in [6.45, 7) is 6.27. The summed E-state index contributed by atoms with van der Waals surface area (Å²) in [4.78, 5) is 18.3. The van der Waals surface area contributed by atoms with Crippen LogP contribution in [0.2, 0.25) is 0 Å². The van der Waals surface area contributed by atoms with Crippen LogP contribution in [0.5, 0.6) is 0 Å². The second-order valence-electron chi connectivity index (χ2n) is 19.3. The molecule has 0 spiro atoms. The highest BCUT2D eigenvalue weighted by atomic mass is 16.3. The summed E-state index contributed by atoms with van der Waals surface area (Å²) in [6, 6.07) is 29.5. The number of nitrogens with zero attached hydrogens (tertiary/aromatic N) is 3. The van der Waals surface area contributed by atoms with Gasteiger partial charge in [0.15, 0.2) is 0 Å². The maximum absolute atomic E-state index is 13.2. The number of hydrogen-bond acceptors (Lipinski definition) is 4. The Labute approximate surface area is 343 Å². The summed E-state index contributed by atoms with van der Waals surface area (Å²) in [5.41, 5.74) is 8.66. The van der Waals surface area contributed by atoms with Crippen LogP contribution < -0.4 is 10.8 Å². The number of aliphatic hydroxyl groups excluding tert-OH is 1. The van der Waals surface area contributed by atoms with Crippen LogP contribution in [0.3, 0.4) is 0 Å². The number of nitrogens with one attached hydrogen (secondary N) is 2. The first-order valence-corrected chi connectivity index (χ1v) is 21.9. The van der Waals surface area contributed by atoms with Gasteiger partial charge in [-0.15, -0.1) is 0 Å². The molecule has 5 aromatic rings. The molecule has 2 unspecified atom stereocenters. The van der Waals surface area contributed by atoms with Crippen molar-refractivity contribution in [2.45, 2.75) is 122 Å². The fourth-order valence-electron chi connectivity index (χ4n) is 12.8. The number of fused-ring (bicyclic) bond motifs is 1. The van der Waals surface area contributed by atoms with Crippen LogP contribution in [0.4, 0.5) is 0 Å². The van der Waals surface area contributed by atoms with Crippen LogP contribution in [0.1, 0.15) is 121 Å². The first kappa shape index (κ1) is 38.6. The molecule has 5 aliphatic rings. The fourth-order valence-corrected chi connectivity index (χ4v) is 12.8. The van der Waals surface area contributed by atoms with Gasteiger partial charge in [0, 0.05) is 43.1 Å². The van der Waals surface area contributed by atoms with E-state index in [0.29, 0.717) is 29.3 Å². The van der Waals surface area contributed by atoms with Gasteiger partial charge in [-0.05, 0) is 128 Å². The molecule has 7 nitrogen and oxygen atoms in total. The number of carbonyl (C=O) groups excluding carboxylic acids is 1. The van der Waals surface area contributed by atoms with E-state index < -0.39 is 0 Å². The number of carbonyl (C=O) groups is 1. The molecule has 4 atom stereocenters. The number of rotatable bonds is 11. The number of unbranched alkanes of at least 4 members (excludes halogenated alkanes) is 2. The van der Waals surface area contributed by atoms with Crippen molar-refractivity contribution in [1.29, 1.82) is 5.41 Å². The zero-order valence-electron chi connectivity index (χ0n) is 34.4. The number of hydrogen-bond donors (Lipinski definition) is 3. The predicted molar refractivity (Wildman–Crippen MR) is 232 cm³/mol. The molecule has 4 bridgehead atoms. The Morgan fingerprint density at radius 3 is 2.29 bits per heavy atom. The normalized spacial score (nSPS) is 27.3. The lowest BCUT2D eigenvalue weighted by atomic mass is 9.40. The van der Waals surface area contributed by atoms with Crippen molar-refractivity contribution in [3.63, 3.8) is 0 Å². The van der Waals surface area contributed by atoms with Crippen molar-refractivity contribution < 1.29 is 9.90 Å². The molecule has 0 saturated heterocycles. The zero-order valence-corrected chi connectivity index (χ0v) is 34.4. The van der Waals surface area contributed by atoms with Crippen molar-refractivity contribution in [2.24, 2.45) is 22.2 Å². The van der Waals surface area contributed by atoms with Crippen molar-refractivity contribution in [3.05, 3.63) is 108 Å². The summed E-state index contributed by atoms with van der Waals surface area (Å²) < 4.78 is 4.32. The van der Waals surface area contributed by atoms with Crippen LogP contribution in [-0.4, -0.2) is 37.8 Å². The summed E-state index contributed by atoms with van der Waals surface area (Å²) in [7, 11) is 0. The van der Waals surface area contributed by atoms with Crippen LogP contribution in [0.25, 0.3) is 33.4 Å². The maximum atomic E-state index is 13.2. The van der Waals surface area contributed by atoms with Crippen molar-refractivity contribution in [2.75, 3.05) is 6.54 Å². The quantitative estimate of drug-likeness (QED) is 0.0921. The highest BCUT2D eigenvalue weighted by Crippen LogP contribution is 2.70. The third-order valence-electron chi connectivity index (χ3n) is 14.0. The average molecular weight is 774 g/mol. The fraction of sp³-hybridized carbons (Fsp3) is 0.471. The molecular formula is C51H59N5O2. The largest absolute Gasteiger partial charge is 0.393 e. The van der Waals surface area contributed by atoms with E-state index in [1.54, 1.807) is 0 Å². The molecule has 3 aromatic carbocycles. The summed E-state index contributed by atoms with van der Waals surface area (Å²) in [6.07, 6.45) is 15.9. The topological polar surface area (TPSA) is 95.9 Å². The Balaban J connectivity index is 0.904. The number of amides is 1. The standard InChI is InChI=1S/C51H59N5O2/c1-49-27-38-28-50(2,32-49)34-51(29-38,33-49)30-43(58)53-25-12-4-3-7-14-36-15-13-16-37(26-36)31-55-46(40-19-10-6-11-20-40)44(39-17-8-5-9-18-39)45-47(52)56(35-54-48(45)55)41-21-23-42(57)24-22-41/h5-6,8-11,13,15-20,26,35,38,41-42,52,57H,3-4,12,21-25,27-34H2,1-2H3,(H,53,58)/t38?,41?,42?,49-,50+,51?. The lowest BCUT2D eigenvalue weighted by Gasteiger charge is -2.65. The Morgan fingerprint density at radius 1 is 0.879 bits per heavy atom. The smallest absolute Gasteiger partial charge is 0.220 e. The molecule has 2 heterocycles. The molecule has 5 aliphatic carbocycles. The van der Waals surface area contributed by atoms with E-state index in [4.69, 9.17) is 4.98 Å². The summed E-state index contributed by atoms with van der Waals surface area (Å²) >= 11 is 0. The minimum atomic E-state index is -0.262. The average Bonchev–Trinajstić information content (AvgIpc) is 3.51. The van der Waals surface area contributed by atoms with Crippen LogP contribution in [0.15, 0.2) is 91.3 Å². The van der Waals surface area contributed by atoms with Crippen LogP contribution >= 0.6 is 0 Å². The molecule has 5 fully saturated rings. The van der Waals surface area contributed by atoms with E-state index in [9.17, 15) is 15.3 Å². The summed E-state index contributed by atoms with van der Waals surface area (Å²) in [5, 5.41) is 24.0. The van der Waals surface area contributed by atoms with Gasteiger partial charge in [-0.3, -0.25) is 10.2 Å². The molecule has 3 N–H and O–H groups in total. The SMILES string of the molecule is C[C@]12CC3CC(CC(=O)NCCCCC#Cc4cccc(Cn5c(-c6ccccc6)c(-c6ccccc6)c6c(=N)n(C7CCC(O)CC7)cnc65)c4)(C1)C[C@@](C)(C3)C2. The Morgan fingerprint density at radius 2 is 1.59 bits per heavy atom. The lowest BCUT2D eigenvalue weighted by molar-refractivity contribution is -0.156. The van der Waals surface area contributed by atoms with E-state index in [2.05, 4.69) is 108 Å². The van der Waals surface area contributed by atoms with Gasteiger partial charge in [0.05, 0.1) is 23.5 Å². The minimum Gasteiger partial charge on any atom is -0.393 e. The number of aliphatic hydroxyl groups is 1. The second-order valence-corrected chi connectivity index (χ2v) is 19.3. The van der Waals surface area contributed by atoms with E-state index in [-0.39, 0.29) is 23.5 Å². The molecule has 0 radical (unpaired) electrons. The van der Waals surface area contributed by atoms with E-state index >= 15 is 0 Å². The van der Waals surface area contributed by atoms with E-state index in [1.165, 1.54) is 38.5 Å². The zero-order chi connectivity index (χ0) is 39.9. The Bertz CT molecular complexity index is 2390. The van der Waals surface area contributed by atoms with Gasteiger partial charge < -0.3 is 19.6 Å². The second kappa shape index (κ2) is 15.7. The van der Waals surface area contributed by atoms with Crippen LogP contribution in [0, 0.1) is 39.4 Å². The molecule has 2 aromatic heterocycles. The highest BCUT2D eigenvalue weighted by molar-refractivity contribution is 6.02. The number of benzene rings is 3. The van der Waals surface area contributed by atoms with Crippen molar-refractivity contribution in [3.8, 4) is 34.2 Å². The molecule has 58 heavy (non-hydrogen) atoms. The van der Waals surface area contributed by atoms with E-state index in [1.807, 2.05) is 23.0 Å². The highest BCUT2D eigenvalue weighted by Gasteiger charge is 2.60. The van der Waals surface area contributed by atoms with Crippen LogP contribution in [-0.2, 0) is 11.3 Å². The van der Waals surface area contributed by atoms with Gasteiger partial charge >= 0.3 is 0 Å². The van der Waals surface area contributed by atoms with Gasteiger partial charge in [-0.25, -0.2) is 4.98 Å². The van der Waals surface area contributed by atoms with Gasteiger partial charge in [0.1, 0.15) is 11.1 Å². The molecule has 7 heteroatoms. The van der Waals surface area contributed by atoms with Crippen molar-refractivity contribution >= 4 is 16.9 Å². The predicted octanol–water partition coefficient (Wildman–Crippen LogP) is 10.2. The minimum absolute atomic E-state index is 0.137. The van der Waals surface area contributed by atoms with E-state index in [0.717, 1.165) is 102 Å². The summed E-state index contributed by atoms with van der Waals surface area (Å²) in [5.74, 6) is 7.89. The molecule has 5 saturated carbocycles. The maximum Gasteiger partial charge on any atom is 0.220 e. The molecule has 300 valence electrons. The monoisotopic (exact) mass is 773 g/mol. The Kier molecular flexibility index (Phi) is 10.4. The molecule has 1 amide bonds. The van der Waals surface area contributed by atoms with Gasteiger partial charge in [0.25, 0.3) is 0 Å². The molecule has 0 aliphatic heterocycles. The van der Waals surface area contributed by atoms with Gasteiger partial charge in [-0.2, -0.15) is 0 Å². The molecule has 10 rings (SSSR count). The van der Waals surface area contributed by atoms with Gasteiger partial charge in [0.2, 0.25) is 5.91 Å². The lowest BCUT2D eigenvalue weighted by Crippen LogP contribution is -2.56.